The molecule has 2 aliphatic rings. The second-order valence-electron chi connectivity index (χ2n) is 7.21. The van der Waals surface area contributed by atoms with Crippen LogP contribution in [0.2, 0.25) is 0 Å². The number of fused-ring (bicyclic) bond motifs is 2. The number of hydrogen-bond acceptors (Lipinski definition) is 6. The molecule has 0 aliphatic carbocycles. The largest absolute Gasteiger partial charge is 0.459 e. The number of furan rings is 1. The van der Waals surface area contributed by atoms with Gasteiger partial charge in [-0.05, 0) is 36.4 Å². The zero-order valence-corrected chi connectivity index (χ0v) is 17.1. The van der Waals surface area contributed by atoms with Crippen LogP contribution in [-0.4, -0.2) is 35.4 Å². The summed E-state index contributed by atoms with van der Waals surface area (Å²) in [6.07, 6.45) is -1.06. The van der Waals surface area contributed by atoms with Gasteiger partial charge >= 0.3 is 0 Å². The first-order chi connectivity index (χ1) is 14.4. The number of nitrogens with zero attached hydrogens (tertiary/aromatic N) is 2. The molecular weight excluding hydrogens is 454 g/mol. The van der Waals surface area contributed by atoms with Gasteiger partial charge in [-0.3, -0.25) is 19.2 Å². The van der Waals surface area contributed by atoms with Crippen LogP contribution in [0.15, 0.2) is 63.5 Å². The molecule has 3 aromatic rings. The van der Waals surface area contributed by atoms with E-state index in [1.165, 1.54) is 5.06 Å². The van der Waals surface area contributed by atoms with Gasteiger partial charge in [0.15, 0.2) is 6.10 Å². The lowest BCUT2D eigenvalue weighted by Crippen LogP contribution is -2.40. The fourth-order valence-corrected chi connectivity index (χ4v) is 4.34. The number of hydroxylamine groups is 2. The van der Waals surface area contributed by atoms with E-state index in [0.717, 1.165) is 14.8 Å². The van der Waals surface area contributed by atoms with Gasteiger partial charge in [-0.15, -0.1) is 0 Å². The van der Waals surface area contributed by atoms with Crippen LogP contribution in [0.5, 0.6) is 0 Å². The van der Waals surface area contributed by atoms with Crippen LogP contribution in [0.4, 0.5) is 5.69 Å². The van der Waals surface area contributed by atoms with E-state index in [4.69, 9.17) is 15.0 Å². The molecule has 2 fully saturated rings. The predicted molar refractivity (Wildman–Crippen MR) is 110 cm³/mol. The number of amides is 3. The summed E-state index contributed by atoms with van der Waals surface area (Å²) in [7, 11) is 0. The van der Waals surface area contributed by atoms with E-state index in [1.807, 2.05) is 18.2 Å². The first kappa shape index (κ1) is 19.0. The van der Waals surface area contributed by atoms with Crippen molar-refractivity contribution >= 4 is 50.3 Å². The number of carbonyl (C=O) groups is 3. The molecule has 152 valence electrons. The maximum Gasteiger partial charge on any atom is 0.265 e. The van der Waals surface area contributed by atoms with Crippen molar-refractivity contribution in [2.24, 2.45) is 11.7 Å². The molecule has 0 radical (unpaired) electrons. The number of nitrogens with two attached hydrogens (primary N) is 1. The minimum Gasteiger partial charge on any atom is -0.459 e. The average molecular weight is 470 g/mol. The Bertz CT molecular complexity index is 1140. The Morgan fingerprint density at radius 2 is 1.80 bits per heavy atom. The highest BCUT2D eigenvalue weighted by atomic mass is 79.9. The molecule has 1 aromatic heterocycles. The van der Waals surface area contributed by atoms with Crippen LogP contribution in [0.1, 0.15) is 11.8 Å². The van der Waals surface area contributed by atoms with E-state index < -0.39 is 35.8 Å². The molecule has 0 bridgehead atoms. The topological polar surface area (TPSA) is 106 Å². The zero-order valence-electron chi connectivity index (χ0n) is 15.5. The van der Waals surface area contributed by atoms with E-state index in [1.54, 1.807) is 36.4 Å². The highest BCUT2D eigenvalue weighted by Gasteiger charge is 2.61. The first-order valence-corrected chi connectivity index (χ1v) is 10.1. The number of anilines is 1. The number of benzene rings is 2. The molecule has 2 N–H and O–H groups in total. The van der Waals surface area contributed by atoms with Crippen molar-refractivity contribution in [1.29, 1.82) is 0 Å². The Morgan fingerprint density at radius 3 is 2.50 bits per heavy atom. The van der Waals surface area contributed by atoms with E-state index >= 15 is 0 Å². The lowest BCUT2D eigenvalue weighted by Gasteiger charge is -2.24. The van der Waals surface area contributed by atoms with Gasteiger partial charge in [-0.25, -0.2) is 4.90 Å². The van der Waals surface area contributed by atoms with Crippen molar-refractivity contribution in [1.82, 2.24) is 5.06 Å². The first-order valence-electron chi connectivity index (χ1n) is 9.27. The van der Waals surface area contributed by atoms with Crippen LogP contribution in [0.3, 0.4) is 0 Å². The Balaban J connectivity index is 1.57. The summed E-state index contributed by atoms with van der Waals surface area (Å²) < 4.78 is 6.78. The van der Waals surface area contributed by atoms with Crippen molar-refractivity contribution in [3.8, 4) is 0 Å². The molecule has 3 atom stereocenters. The second kappa shape index (κ2) is 7.05. The highest BCUT2D eigenvalue weighted by Crippen LogP contribution is 2.46. The number of carbonyl (C=O) groups excluding carboxylic acids is 3. The van der Waals surface area contributed by atoms with Gasteiger partial charge in [0.2, 0.25) is 11.8 Å². The summed E-state index contributed by atoms with van der Waals surface area (Å²) in [4.78, 5) is 44.9. The summed E-state index contributed by atoms with van der Waals surface area (Å²) in [5.41, 5.74) is 6.45. The van der Waals surface area contributed by atoms with Gasteiger partial charge < -0.3 is 10.2 Å². The molecule has 3 heterocycles. The highest BCUT2D eigenvalue weighted by molar-refractivity contribution is 9.10. The number of para-hydroxylation sites is 1. The fourth-order valence-electron chi connectivity index (χ4n) is 4.07. The normalized spacial score (nSPS) is 24.0. The Labute approximate surface area is 179 Å². The quantitative estimate of drug-likeness (QED) is 0.588. The fraction of sp³-hybridized carbons (Fsp3) is 0.190. The lowest BCUT2D eigenvalue weighted by molar-refractivity contribution is -0.176. The third kappa shape index (κ3) is 2.94. The van der Waals surface area contributed by atoms with Gasteiger partial charge in [0.25, 0.3) is 5.91 Å². The van der Waals surface area contributed by atoms with Gasteiger partial charge in [0.1, 0.15) is 29.8 Å². The SMILES string of the molecule is NC(=O)CN1OC2C(=O)N(c3ccc(Br)cc3)C(=O)C2C1c1cc2ccccc2o1. The third-order valence-corrected chi connectivity index (χ3v) is 5.86. The van der Waals surface area contributed by atoms with Crippen LogP contribution < -0.4 is 10.6 Å². The zero-order chi connectivity index (χ0) is 21.0. The van der Waals surface area contributed by atoms with Crippen molar-refractivity contribution < 1.29 is 23.6 Å². The monoisotopic (exact) mass is 469 g/mol. The van der Waals surface area contributed by atoms with Crippen LogP contribution in [0, 0.1) is 5.92 Å². The lowest BCUT2D eigenvalue weighted by atomic mass is 9.94. The molecule has 30 heavy (non-hydrogen) atoms. The van der Waals surface area contributed by atoms with Gasteiger partial charge in [-0.2, -0.15) is 5.06 Å². The summed E-state index contributed by atoms with van der Waals surface area (Å²) >= 11 is 3.34. The van der Waals surface area contributed by atoms with Gasteiger partial charge in [0, 0.05) is 9.86 Å². The van der Waals surface area contributed by atoms with Gasteiger partial charge in [-0.1, -0.05) is 34.1 Å². The number of halogens is 1. The molecule has 0 spiro atoms. The summed E-state index contributed by atoms with van der Waals surface area (Å²) in [5, 5.41) is 2.13. The van der Waals surface area contributed by atoms with E-state index in [9.17, 15) is 14.4 Å². The molecule has 2 aliphatic heterocycles. The van der Waals surface area contributed by atoms with Crippen molar-refractivity contribution in [2.75, 3.05) is 11.4 Å². The second-order valence-corrected chi connectivity index (χ2v) is 8.13. The standard InChI is InChI=1S/C21H16BrN3O5/c22-12-5-7-13(8-6-12)25-20(27)17-18(15-9-11-3-1-2-4-14(11)29-15)24(10-16(23)26)30-19(17)21(25)28/h1-9,17-19H,10H2,(H2,23,26). The molecule has 2 saturated heterocycles. The molecule has 8 nitrogen and oxygen atoms in total. The minimum atomic E-state index is -1.06. The van der Waals surface area contributed by atoms with Crippen molar-refractivity contribution in [2.45, 2.75) is 12.1 Å². The number of primary amides is 1. The third-order valence-electron chi connectivity index (χ3n) is 5.33. The number of rotatable bonds is 4. The molecular formula is C21H16BrN3O5. The van der Waals surface area contributed by atoms with Gasteiger partial charge in [0.05, 0.1) is 5.69 Å². The Kier molecular flexibility index (Phi) is 4.46. The summed E-state index contributed by atoms with van der Waals surface area (Å²) in [5.74, 6) is -1.96. The minimum absolute atomic E-state index is 0.270. The number of imide groups is 1. The van der Waals surface area contributed by atoms with Crippen molar-refractivity contribution in [3.63, 3.8) is 0 Å². The summed E-state index contributed by atoms with van der Waals surface area (Å²) in [6, 6.07) is 15.3. The smallest absolute Gasteiger partial charge is 0.265 e. The molecule has 0 saturated carbocycles. The van der Waals surface area contributed by atoms with Crippen molar-refractivity contribution in [3.05, 3.63) is 64.8 Å². The summed E-state index contributed by atoms with van der Waals surface area (Å²) in [6.45, 7) is -0.270. The van der Waals surface area contributed by atoms with Crippen LogP contribution in [-0.2, 0) is 19.2 Å². The Hall–Kier alpha value is -3.01. The number of hydrogen-bond donors (Lipinski definition) is 1. The molecule has 9 heteroatoms. The molecule has 3 unspecified atom stereocenters. The van der Waals surface area contributed by atoms with E-state index in [0.29, 0.717) is 17.0 Å². The molecule has 2 aromatic carbocycles. The Morgan fingerprint density at radius 1 is 1.07 bits per heavy atom. The maximum atomic E-state index is 13.3. The molecule has 3 amide bonds. The van der Waals surface area contributed by atoms with E-state index in [-0.39, 0.29) is 6.54 Å². The maximum absolute atomic E-state index is 13.3. The van der Waals surface area contributed by atoms with Crippen LogP contribution >= 0.6 is 15.9 Å². The van der Waals surface area contributed by atoms with E-state index in [2.05, 4.69) is 15.9 Å². The van der Waals surface area contributed by atoms with Crippen LogP contribution in [0.25, 0.3) is 11.0 Å². The average Bonchev–Trinajstić information content (AvgIpc) is 3.35. The molecule has 5 rings (SSSR count). The predicted octanol–water partition coefficient (Wildman–Crippen LogP) is 2.53.